The molecule has 0 saturated heterocycles. The van der Waals surface area contributed by atoms with Gasteiger partial charge in [-0.05, 0) is 30.5 Å². The van der Waals surface area contributed by atoms with E-state index in [1.165, 1.54) is 7.11 Å². The number of halogens is 1. The molecule has 0 heterocycles. The summed E-state index contributed by atoms with van der Waals surface area (Å²) in [6, 6.07) is 5.62. The monoisotopic (exact) mass is 298 g/mol. The Morgan fingerprint density at radius 2 is 2.06 bits per heavy atom. The van der Waals surface area contributed by atoms with Crippen molar-refractivity contribution < 1.29 is 14.3 Å². The molecule has 0 aromatic heterocycles. The zero-order chi connectivity index (χ0) is 13.0. The standard InChI is InChI=1S/C13H15BrO3/c1-8-6-10(7-12(16)17-3)4-5-11(8)13(14)9(2)15/h4-6,13H,7H2,1-3H3. The Labute approximate surface area is 109 Å². The second kappa shape index (κ2) is 5.96. The van der Waals surface area contributed by atoms with E-state index < -0.39 is 0 Å². The quantitative estimate of drug-likeness (QED) is 0.634. The molecule has 0 N–H and O–H groups in total. The number of aryl methyl sites for hydroxylation is 1. The Balaban J connectivity index is 2.94. The normalized spacial score (nSPS) is 12.0. The number of hydrogen-bond donors (Lipinski definition) is 0. The summed E-state index contributed by atoms with van der Waals surface area (Å²) in [6.07, 6.45) is 0.255. The van der Waals surface area contributed by atoms with Crippen molar-refractivity contribution in [1.82, 2.24) is 0 Å². The first-order valence-electron chi connectivity index (χ1n) is 5.26. The molecule has 0 radical (unpaired) electrons. The average Bonchev–Trinajstić information content (AvgIpc) is 2.28. The second-order valence-electron chi connectivity index (χ2n) is 3.92. The highest BCUT2D eigenvalue weighted by Gasteiger charge is 2.15. The van der Waals surface area contributed by atoms with Crippen molar-refractivity contribution in [3.05, 3.63) is 34.9 Å². The first-order chi connectivity index (χ1) is 7.95. The van der Waals surface area contributed by atoms with Crippen LogP contribution in [0.2, 0.25) is 0 Å². The van der Waals surface area contributed by atoms with Crippen LogP contribution in [0, 0.1) is 6.92 Å². The molecular formula is C13H15BrO3. The van der Waals surface area contributed by atoms with E-state index in [1.807, 2.05) is 25.1 Å². The zero-order valence-corrected chi connectivity index (χ0v) is 11.7. The minimum atomic E-state index is -0.283. The van der Waals surface area contributed by atoms with Crippen LogP contribution < -0.4 is 0 Å². The number of rotatable bonds is 4. The van der Waals surface area contributed by atoms with Crippen molar-refractivity contribution in [3.63, 3.8) is 0 Å². The predicted octanol–water partition coefficient (Wildman–Crippen LogP) is 2.74. The summed E-state index contributed by atoms with van der Waals surface area (Å²) in [5, 5.41) is 0. The number of benzene rings is 1. The lowest BCUT2D eigenvalue weighted by Crippen LogP contribution is -2.07. The SMILES string of the molecule is COC(=O)Cc1ccc(C(Br)C(C)=O)c(C)c1. The molecule has 0 aliphatic rings. The van der Waals surface area contributed by atoms with Gasteiger partial charge in [0.05, 0.1) is 18.4 Å². The lowest BCUT2D eigenvalue weighted by molar-refractivity contribution is -0.139. The van der Waals surface area contributed by atoms with Gasteiger partial charge in [0.15, 0.2) is 0 Å². The van der Waals surface area contributed by atoms with Gasteiger partial charge in [-0.3, -0.25) is 9.59 Å². The number of carbonyl (C=O) groups excluding carboxylic acids is 2. The van der Waals surface area contributed by atoms with Gasteiger partial charge in [0.1, 0.15) is 5.78 Å². The molecule has 1 unspecified atom stereocenters. The number of hydrogen-bond acceptors (Lipinski definition) is 3. The Hall–Kier alpha value is -1.16. The maximum absolute atomic E-state index is 11.3. The van der Waals surface area contributed by atoms with Crippen LogP contribution in [0.4, 0.5) is 0 Å². The van der Waals surface area contributed by atoms with Crippen molar-refractivity contribution in [1.29, 1.82) is 0 Å². The van der Waals surface area contributed by atoms with Crippen LogP contribution in [-0.4, -0.2) is 18.9 Å². The van der Waals surface area contributed by atoms with Gasteiger partial charge in [-0.1, -0.05) is 34.1 Å². The highest BCUT2D eigenvalue weighted by Crippen LogP contribution is 2.27. The van der Waals surface area contributed by atoms with E-state index in [1.54, 1.807) is 6.92 Å². The summed E-state index contributed by atoms with van der Waals surface area (Å²) in [4.78, 5) is 22.1. The molecule has 3 nitrogen and oxygen atoms in total. The average molecular weight is 299 g/mol. The fourth-order valence-corrected chi connectivity index (χ4v) is 2.10. The van der Waals surface area contributed by atoms with E-state index in [-0.39, 0.29) is 23.0 Å². The highest BCUT2D eigenvalue weighted by atomic mass is 79.9. The molecule has 0 saturated carbocycles. The van der Waals surface area contributed by atoms with Crippen LogP contribution in [0.1, 0.15) is 28.4 Å². The van der Waals surface area contributed by atoms with E-state index in [0.29, 0.717) is 0 Å². The van der Waals surface area contributed by atoms with Gasteiger partial charge in [-0.2, -0.15) is 0 Å². The molecule has 0 fully saturated rings. The van der Waals surface area contributed by atoms with Crippen molar-refractivity contribution in [2.45, 2.75) is 25.1 Å². The number of methoxy groups -OCH3 is 1. The third-order valence-electron chi connectivity index (χ3n) is 2.54. The minimum absolute atomic E-state index is 0.0637. The minimum Gasteiger partial charge on any atom is -0.469 e. The van der Waals surface area contributed by atoms with Gasteiger partial charge in [0.25, 0.3) is 0 Å². The van der Waals surface area contributed by atoms with E-state index >= 15 is 0 Å². The van der Waals surface area contributed by atoms with Gasteiger partial charge in [0.2, 0.25) is 0 Å². The van der Waals surface area contributed by atoms with Crippen molar-refractivity contribution in [2.24, 2.45) is 0 Å². The molecule has 4 heteroatoms. The van der Waals surface area contributed by atoms with Gasteiger partial charge in [-0.25, -0.2) is 0 Å². The molecule has 1 rings (SSSR count). The molecule has 0 spiro atoms. The number of alkyl halides is 1. The summed E-state index contributed by atoms with van der Waals surface area (Å²) in [5.41, 5.74) is 2.82. The maximum atomic E-state index is 11.3. The highest BCUT2D eigenvalue weighted by molar-refractivity contribution is 9.09. The van der Waals surface area contributed by atoms with Crippen molar-refractivity contribution in [3.8, 4) is 0 Å². The summed E-state index contributed by atoms with van der Waals surface area (Å²) in [7, 11) is 1.37. The van der Waals surface area contributed by atoms with Crippen LogP contribution in [-0.2, 0) is 20.7 Å². The molecule has 0 aliphatic heterocycles. The van der Waals surface area contributed by atoms with Gasteiger partial charge in [0, 0.05) is 0 Å². The van der Waals surface area contributed by atoms with E-state index in [0.717, 1.165) is 16.7 Å². The zero-order valence-electron chi connectivity index (χ0n) is 10.1. The van der Waals surface area contributed by atoms with Crippen LogP contribution in [0.25, 0.3) is 0 Å². The predicted molar refractivity (Wildman–Crippen MR) is 69.2 cm³/mol. The lowest BCUT2D eigenvalue weighted by Gasteiger charge is -2.11. The van der Waals surface area contributed by atoms with E-state index in [2.05, 4.69) is 20.7 Å². The van der Waals surface area contributed by atoms with Crippen LogP contribution in [0.15, 0.2) is 18.2 Å². The molecule has 1 aromatic rings. The molecule has 0 bridgehead atoms. The molecule has 0 amide bonds. The fraction of sp³-hybridized carbons (Fsp3) is 0.385. The van der Waals surface area contributed by atoms with Crippen LogP contribution in [0.5, 0.6) is 0 Å². The smallest absolute Gasteiger partial charge is 0.309 e. The molecular weight excluding hydrogens is 284 g/mol. The number of esters is 1. The Kier molecular flexibility index (Phi) is 4.87. The third-order valence-corrected chi connectivity index (χ3v) is 3.68. The Bertz CT molecular complexity index is 440. The first kappa shape index (κ1) is 13.9. The van der Waals surface area contributed by atoms with Gasteiger partial charge in [-0.15, -0.1) is 0 Å². The first-order valence-corrected chi connectivity index (χ1v) is 6.18. The fourth-order valence-electron chi connectivity index (χ4n) is 1.59. The number of ether oxygens (including phenoxy) is 1. The van der Waals surface area contributed by atoms with Crippen molar-refractivity contribution >= 4 is 27.7 Å². The summed E-state index contributed by atoms with van der Waals surface area (Å²) < 4.78 is 4.61. The molecule has 0 aliphatic carbocycles. The lowest BCUT2D eigenvalue weighted by atomic mass is 10.00. The number of carbonyl (C=O) groups is 2. The number of Topliss-reactive ketones (excluding diaryl/α,β-unsaturated/α-hetero) is 1. The molecule has 17 heavy (non-hydrogen) atoms. The summed E-state index contributed by atoms with van der Waals surface area (Å²) in [6.45, 7) is 3.47. The maximum Gasteiger partial charge on any atom is 0.309 e. The van der Waals surface area contributed by atoms with E-state index in [9.17, 15) is 9.59 Å². The molecule has 1 aromatic carbocycles. The number of ketones is 1. The van der Waals surface area contributed by atoms with Crippen LogP contribution >= 0.6 is 15.9 Å². The second-order valence-corrected chi connectivity index (χ2v) is 4.83. The summed E-state index contributed by atoms with van der Waals surface area (Å²) in [5.74, 6) is -0.201. The summed E-state index contributed by atoms with van der Waals surface area (Å²) >= 11 is 3.35. The van der Waals surface area contributed by atoms with E-state index in [4.69, 9.17) is 0 Å². The Morgan fingerprint density at radius 1 is 1.41 bits per heavy atom. The van der Waals surface area contributed by atoms with Crippen molar-refractivity contribution in [2.75, 3.05) is 7.11 Å². The third kappa shape index (κ3) is 3.66. The van der Waals surface area contributed by atoms with Gasteiger partial charge < -0.3 is 4.74 Å². The molecule has 1 atom stereocenters. The largest absolute Gasteiger partial charge is 0.469 e. The van der Waals surface area contributed by atoms with Gasteiger partial charge >= 0.3 is 5.97 Å². The topological polar surface area (TPSA) is 43.4 Å². The molecule has 92 valence electrons. The Morgan fingerprint density at radius 3 is 2.53 bits per heavy atom. The van der Waals surface area contributed by atoms with Crippen LogP contribution in [0.3, 0.4) is 0 Å².